The van der Waals surface area contributed by atoms with Crippen molar-refractivity contribution >= 4 is 29.9 Å². The van der Waals surface area contributed by atoms with Gasteiger partial charge in [0.1, 0.15) is 0 Å². The molecule has 0 spiro atoms. The molecule has 1 N–H and O–H groups in total. The Morgan fingerprint density at radius 3 is 2.40 bits per heavy atom. The van der Waals surface area contributed by atoms with E-state index in [0.29, 0.717) is 0 Å². The second-order valence-corrected chi connectivity index (χ2v) is 5.97. The summed E-state index contributed by atoms with van der Waals surface area (Å²) in [6, 6.07) is 0. The number of nitrogens with zero attached hydrogens (tertiary/aromatic N) is 3. The Balaban J connectivity index is 0.00000200. The van der Waals surface area contributed by atoms with Crippen molar-refractivity contribution in [2.24, 2.45) is 10.9 Å². The van der Waals surface area contributed by atoms with Gasteiger partial charge in [-0.3, -0.25) is 4.99 Å². The molecule has 2 rings (SSSR count). The van der Waals surface area contributed by atoms with E-state index in [9.17, 15) is 0 Å². The zero-order valence-corrected chi connectivity index (χ0v) is 15.4. The van der Waals surface area contributed by atoms with E-state index in [-0.39, 0.29) is 24.0 Å². The monoisotopic (exact) mass is 394 g/mol. The third-order valence-corrected chi connectivity index (χ3v) is 4.38. The molecule has 0 radical (unpaired) electrons. The quantitative estimate of drug-likeness (QED) is 0.451. The minimum absolute atomic E-state index is 0. The number of halogens is 1. The summed E-state index contributed by atoms with van der Waals surface area (Å²) >= 11 is 0. The summed E-state index contributed by atoms with van der Waals surface area (Å²) in [5, 5.41) is 3.44. The average molecular weight is 394 g/mol. The van der Waals surface area contributed by atoms with Crippen LogP contribution in [-0.2, 0) is 0 Å². The van der Waals surface area contributed by atoms with Gasteiger partial charge in [0, 0.05) is 26.2 Å². The van der Waals surface area contributed by atoms with Crippen LogP contribution in [0.4, 0.5) is 0 Å². The molecule has 20 heavy (non-hydrogen) atoms. The lowest BCUT2D eigenvalue weighted by Crippen LogP contribution is -2.39. The molecule has 2 saturated heterocycles. The lowest BCUT2D eigenvalue weighted by atomic mass is 9.94. The van der Waals surface area contributed by atoms with Gasteiger partial charge in [0.2, 0.25) is 0 Å². The third kappa shape index (κ3) is 5.76. The van der Waals surface area contributed by atoms with Crippen molar-refractivity contribution < 1.29 is 0 Å². The first-order chi connectivity index (χ1) is 9.29. The fourth-order valence-electron chi connectivity index (χ4n) is 3.06. The lowest BCUT2D eigenvalue weighted by molar-refractivity contribution is 0.214. The molecule has 0 unspecified atom stereocenters. The molecule has 2 heterocycles. The molecule has 0 aromatic rings. The van der Waals surface area contributed by atoms with Crippen molar-refractivity contribution in [1.82, 2.24) is 15.1 Å². The molecule has 0 aromatic heterocycles. The second kappa shape index (κ2) is 9.82. The number of nitrogens with one attached hydrogen (secondary N) is 1. The van der Waals surface area contributed by atoms with E-state index in [2.05, 4.69) is 29.1 Å². The van der Waals surface area contributed by atoms with Crippen LogP contribution in [0.1, 0.15) is 39.0 Å². The summed E-state index contributed by atoms with van der Waals surface area (Å²) in [6.45, 7) is 9.01. The number of guanidine groups is 1. The van der Waals surface area contributed by atoms with Crippen LogP contribution in [0.25, 0.3) is 0 Å². The summed E-state index contributed by atoms with van der Waals surface area (Å²) in [4.78, 5) is 9.68. The number of aliphatic imine (C=N–C) groups is 1. The van der Waals surface area contributed by atoms with Crippen molar-refractivity contribution in [3.63, 3.8) is 0 Å². The zero-order chi connectivity index (χ0) is 13.5. The highest BCUT2D eigenvalue weighted by Crippen LogP contribution is 2.19. The van der Waals surface area contributed by atoms with E-state index in [1.807, 2.05) is 0 Å². The van der Waals surface area contributed by atoms with Gasteiger partial charge in [0.05, 0.1) is 0 Å². The van der Waals surface area contributed by atoms with Gasteiger partial charge in [0.25, 0.3) is 0 Å². The Morgan fingerprint density at radius 2 is 1.80 bits per heavy atom. The minimum Gasteiger partial charge on any atom is -0.357 e. The number of piperidine rings is 1. The largest absolute Gasteiger partial charge is 0.357 e. The molecular weight excluding hydrogens is 363 g/mol. The molecule has 2 fully saturated rings. The molecule has 0 atom stereocenters. The van der Waals surface area contributed by atoms with Gasteiger partial charge in [0.15, 0.2) is 5.96 Å². The number of hydrogen-bond acceptors (Lipinski definition) is 2. The van der Waals surface area contributed by atoms with E-state index in [4.69, 9.17) is 4.99 Å². The molecule has 0 saturated carbocycles. The molecule has 5 heteroatoms. The maximum atomic E-state index is 4.83. The first-order valence-electron chi connectivity index (χ1n) is 8.01. The van der Waals surface area contributed by atoms with Crippen molar-refractivity contribution in [1.29, 1.82) is 0 Å². The highest BCUT2D eigenvalue weighted by atomic mass is 127. The first kappa shape index (κ1) is 18.0. The Labute approximate surface area is 141 Å². The van der Waals surface area contributed by atoms with Crippen molar-refractivity contribution in [2.75, 3.05) is 46.3 Å². The normalized spacial score (nSPS) is 21.9. The van der Waals surface area contributed by atoms with E-state index in [1.54, 1.807) is 0 Å². The van der Waals surface area contributed by atoms with E-state index in [0.717, 1.165) is 25.0 Å². The Bertz CT molecular complexity index is 282. The standard InChI is InChI=1S/C15H30N4.HI/c1-3-16-15(19-10-4-5-11-19)17-9-6-14-7-12-18(2)13-8-14;/h14H,3-13H2,1-2H3,(H,16,17);1H. The summed E-state index contributed by atoms with van der Waals surface area (Å²) in [5.41, 5.74) is 0. The second-order valence-electron chi connectivity index (χ2n) is 5.97. The third-order valence-electron chi connectivity index (χ3n) is 4.38. The number of likely N-dealkylation sites (tertiary alicyclic amines) is 2. The Kier molecular flexibility index (Phi) is 8.84. The number of hydrogen-bond donors (Lipinski definition) is 1. The molecule has 118 valence electrons. The maximum absolute atomic E-state index is 4.83. The van der Waals surface area contributed by atoms with Crippen LogP contribution in [0.3, 0.4) is 0 Å². The van der Waals surface area contributed by atoms with Crippen molar-refractivity contribution in [3.05, 3.63) is 0 Å². The molecule has 2 aliphatic heterocycles. The maximum Gasteiger partial charge on any atom is 0.193 e. The van der Waals surface area contributed by atoms with Crippen molar-refractivity contribution in [2.45, 2.75) is 39.0 Å². The Morgan fingerprint density at radius 1 is 1.15 bits per heavy atom. The van der Waals surface area contributed by atoms with Gasteiger partial charge < -0.3 is 15.1 Å². The SMILES string of the molecule is CCNC(=NCCC1CCN(C)CC1)N1CCCC1.I. The van der Waals surface area contributed by atoms with Crippen LogP contribution in [0.2, 0.25) is 0 Å². The zero-order valence-electron chi connectivity index (χ0n) is 13.1. The van der Waals surface area contributed by atoms with E-state index >= 15 is 0 Å². The molecule has 4 nitrogen and oxygen atoms in total. The summed E-state index contributed by atoms with van der Waals surface area (Å²) in [6.07, 6.45) is 6.61. The van der Waals surface area contributed by atoms with Crippen LogP contribution < -0.4 is 5.32 Å². The van der Waals surface area contributed by atoms with Crippen LogP contribution in [0.15, 0.2) is 4.99 Å². The van der Waals surface area contributed by atoms with Gasteiger partial charge in [-0.1, -0.05) is 0 Å². The molecular formula is C15H31IN4. The Hall–Kier alpha value is -0.0400. The number of rotatable bonds is 4. The fraction of sp³-hybridized carbons (Fsp3) is 0.933. The van der Waals surface area contributed by atoms with Crippen LogP contribution in [0, 0.1) is 5.92 Å². The predicted molar refractivity (Wildman–Crippen MR) is 97.0 cm³/mol. The van der Waals surface area contributed by atoms with E-state index < -0.39 is 0 Å². The first-order valence-corrected chi connectivity index (χ1v) is 8.01. The molecule has 2 aliphatic rings. The van der Waals surface area contributed by atoms with Gasteiger partial charge in [-0.05, 0) is 65.1 Å². The minimum atomic E-state index is 0. The van der Waals surface area contributed by atoms with Gasteiger partial charge in [-0.25, -0.2) is 0 Å². The smallest absolute Gasteiger partial charge is 0.193 e. The van der Waals surface area contributed by atoms with Gasteiger partial charge >= 0.3 is 0 Å². The molecule has 0 aliphatic carbocycles. The van der Waals surface area contributed by atoms with Crippen LogP contribution in [0.5, 0.6) is 0 Å². The highest BCUT2D eigenvalue weighted by molar-refractivity contribution is 14.0. The van der Waals surface area contributed by atoms with Crippen molar-refractivity contribution in [3.8, 4) is 0 Å². The van der Waals surface area contributed by atoms with E-state index in [1.165, 1.54) is 58.3 Å². The van der Waals surface area contributed by atoms with Gasteiger partial charge in [-0.15, -0.1) is 24.0 Å². The predicted octanol–water partition coefficient (Wildman–Crippen LogP) is 2.40. The van der Waals surface area contributed by atoms with Crippen LogP contribution in [-0.4, -0.2) is 62.1 Å². The average Bonchev–Trinajstić information content (AvgIpc) is 2.94. The fourth-order valence-corrected chi connectivity index (χ4v) is 3.06. The van der Waals surface area contributed by atoms with Gasteiger partial charge in [-0.2, -0.15) is 0 Å². The molecule has 0 bridgehead atoms. The molecule has 0 aromatic carbocycles. The summed E-state index contributed by atoms with van der Waals surface area (Å²) < 4.78 is 0. The topological polar surface area (TPSA) is 30.9 Å². The molecule has 0 amide bonds. The lowest BCUT2D eigenvalue weighted by Gasteiger charge is -2.28. The summed E-state index contributed by atoms with van der Waals surface area (Å²) in [5.74, 6) is 2.04. The van der Waals surface area contributed by atoms with Crippen LogP contribution >= 0.6 is 24.0 Å². The summed E-state index contributed by atoms with van der Waals surface area (Å²) in [7, 11) is 2.23. The highest BCUT2D eigenvalue weighted by Gasteiger charge is 2.17.